The summed E-state index contributed by atoms with van der Waals surface area (Å²) in [4.78, 5) is 25.8. The average molecular weight is 493 g/mol. The minimum absolute atomic E-state index is 0.0316. The highest BCUT2D eigenvalue weighted by Gasteiger charge is 2.20. The SMILES string of the molecule is CC.CC.CC(=O)Nc1ccc2c(c1)OCc1cc(-c3ccc(C(=O)N4CCOCC4)cc3)nn1C2. The van der Waals surface area contributed by atoms with E-state index in [-0.39, 0.29) is 11.8 Å². The molecule has 5 rings (SSSR count). The van der Waals surface area contributed by atoms with Crippen LogP contribution in [-0.4, -0.2) is 52.8 Å². The van der Waals surface area contributed by atoms with E-state index in [0.29, 0.717) is 50.7 Å². The van der Waals surface area contributed by atoms with Crippen LogP contribution in [0.2, 0.25) is 0 Å². The van der Waals surface area contributed by atoms with Crippen LogP contribution in [0, 0.1) is 0 Å². The first-order valence-electron chi connectivity index (χ1n) is 12.6. The molecular formula is C28H36N4O4. The third kappa shape index (κ3) is 6.31. The zero-order valence-electron chi connectivity index (χ0n) is 21.8. The molecule has 2 aromatic carbocycles. The molecule has 0 atom stereocenters. The van der Waals surface area contributed by atoms with Crippen molar-refractivity contribution in [1.82, 2.24) is 14.7 Å². The van der Waals surface area contributed by atoms with Gasteiger partial charge in [0.15, 0.2) is 0 Å². The van der Waals surface area contributed by atoms with Gasteiger partial charge in [-0.2, -0.15) is 5.10 Å². The first kappa shape index (κ1) is 26.9. The van der Waals surface area contributed by atoms with E-state index in [1.54, 1.807) is 0 Å². The molecule has 1 N–H and O–H groups in total. The van der Waals surface area contributed by atoms with Crippen LogP contribution in [-0.2, 0) is 22.7 Å². The molecule has 3 aromatic rings. The molecule has 8 nitrogen and oxygen atoms in total. The maximum absolute atomic E-state index is 12.7. The second-order valence-corrected chi connectivity index (χ2v) is 7.95. The van der Waals surface area contributed by atoms with Crippen molar-refractivity contribution in [2.75, 3.05) is 31.6 Å². The number of nitrogens with one attached hydrogen (secondary N) is 1. The topological polar surface area (TPSA) is 85.7 Å². The number of carbonyl (C=O) groups excluding carboxylic acids is 2. The Labute approximate surface area is 213 Å². The predicted octanol–water partition coefficient (Wildman–Crippen LogP) is 4.97. The van der Waals surface area contributed by atoms with Gasteiger partial charge < -0.3 is 19.7 Å². The molecular weight excluding hydrogens is 456 g/mol. The van der Waals surface area contributed by atoms with E-state index >= 15 is 0 Å². The van der Waals surface area contributed by atoms with Crippen molar-refractivity contribution >= 4 is 17.5 Å². The molecule has 2 amide bonds. The van der Waals surface area contributed by atoms with E-state index in [2.05, 4.69) is 5.32 Å². The zero-order valence-corrected chi connectivity index (χ0v) is 21.8. The van der Waals surface area contributed by atoms with Gasteiger partial charge >= 0.3 is 0 Å². The molecule has 0 radical (unpaired) electrons. The van der Waals surface area contributed by atoms with Crippen molar-refractivity contribution < 1.29 is 19.1 Å². The maximum Gasteiger partial charge on any atom is 0.254 e. The van der Waals surface area contributed by atoms with Gasteiger partial charge in [0.1, 0.15) is 12.4 Å². The molecule has 0 bridgehead atoms. The quantitative estimate of drug-likeness (QED) is 0.558. The van der Waals surface area contributed by atoms with E-state index in [4.69, 9.17) is 14.6 Å². The lowest BCUT2D eigenvalue weighted by Gasteiger charge is -2.26. The van der Waals surface area contributed by atoms with Crippen LogP contribution >= 0.6 is 0 Å². The molecule has 1 saturated heterocycles. The van der Waals surface area contributed by atoms with Gasteiger partial charge in [-0.1, -0.05) is 45.9 Å². The Morgan fingerprint density at radius 3 is 2.31 bits per heavy atom. The number of carbonyl (C=O) groups is 2. The molecule has 2 aliphatic rings. The summed E-state index contributed by atoms with van der Waals surface area (Å²) in [6, 6.07) is 15.2. The number of amides is 2. The molecule has 1 aromatic heterocycles. The number of ether oxygens (including phenoxy) is 2. The summed E-state index contributed by atoms with van der Waals surface area (Å²) in [5.74, 6) is 0.659. The van der Waals surface area contributed by atoms with Crippen molar-refractivity contribution in [1.29, 1.82) is 0 Å². The summed E-state index contributed by atoms with van der Waals surface area (Å²) < 4.78 is 13.3. The summed E-state index contributed by atoms with van der Waals surface area (Å²) in [6.45, 7) is 12.9. The van der Waals surface area contributed by atoms with E-state index in [1.807, 2.05) is 85.8 Å². The van der Waals surface area contributed by atoms with Crippen molar-refractivity contribution in [3.8, 4) is 17.0 Å². The summed E-state index contributed by atoms with van der Waals surface area (Å²) in [5, 5.41) is 7.55. The monoisotopic (exact) mass is 492 g/mol. The fourth-order valence-electron chi connectivity index (χ4n) is 4.00. The van der Waals surface area contributed by atoms with Crippen LogP contribution in [0.25, 0.3) is 11.3 Å². The molecule has 0 spiro atoms. The number of fused-ring (bicyclic) bond motifs is 2. The van der Waals surface area contributed by atoms with Gasteiger partial charge in [-0.05, 0) is 24.3 Å². The van der Waals surface area contributed by atoms with Gasteiger partial charge in [0.2, 0.25) is 5.91 Å². The molecule has 1 fully saturated rings. The zero-order chi connectivity index (χ0) is 26.1. The fourth-order valence-corrected chi connectivity index (χ4v) is 4.00. The Balaban J connectivity index is 0.000000861. The number of hydrogen-bond acceptors (Lipinski definition) is 5. The Morgan fingerprint density at radius 2 is 1.64 bits per heavy atom. The Bertz CT molecular complexity index is 1160. The second-order valence-electron chi connectivity index (χ2n) is 7.95. The number of nitrogens with zero attached hydrogens (tertiary/aromatic N) is 3. The van der Waals surface area contributed by atoms with E-state index in [0.717, 1.165) is 28.3 Å². The predicted molar refractivity (Wildman–Crippen MR) is 141 cm³/mol. The first-order valence-corrected chi connectivity index (χ1v) is 12.6. The minimum Gasteiger partial charge on any atom is -0.487 e. The number of morpholine rings is 1. The molecule has 3 heterocycles. The third-order valence-corrected chi connectivity index (χ3v) is 5.67. The maximum atomic E-state index is 12.7. The van der Waals surface area contributed by atoms with Crippen molar-refractivity contribution in [3.63, 3.8) is 0 Å². The van der Waals surface area contributed by atoms with Crippen LogP contribution in [0.4, 0.5) is 5.69 Å². The van der Waals surface area contributed by atoms with Gasteiger partial charge in [0, 0.05) is 48.5 Å². The van der Waals surface area contributed by atoms with Crippen LogP contribution in [0.5, 0.6) is 5.75 Å². The van der Waals surface area contributed by atoms with E-state index in [1.165, 1.54) is 6.92 Å². The summed E-state index contributed by atoms with van der Waals surface area (Å²) in [5.41, 5.74) is 5.13. The molecule has 8 heteroatoms. The number of anilines is 1. The first-order chi connectivity index (χ1) is 17.6. The average Bonchev–Trinajstić information content (AvgIpc) is 3.25. The van der Waals surface area contributed by atoms with Crippen LogP contribution < -0.4 is 10.1 Å². The van der Waals surface area contributed by atoms with Crippen LogP contribution in [0.1, 0.15) is 56.2 Å². The Kier molecular flexibility index (Phi) is 9.64. The molecule has 192 valence electrons. The van der Waals surface area contributed by atoms with Crippen molar-refractivity contribution in [2.45, 2.75) is 47.8 Å². The largest absolute Gasteiger partial charge is 0.487 e. The number of benzene rings is 2. The van der Waals surface area contributed by atoms with Crippen LogP contribution in [0.3, 0.4) is 0 Å². The van der Waals surface area contributed by atoms with Gasteiger partial charge in [0.05, 0.1) is 31.1 Å². The van der Waals surface area contributed by atoms with Crippen molar-refractivity contribution in [3.05, 3.63) is 65.4 Å². The summed E-state index contributed by atoms with van der Waals surface area (Å²) in [7, 11) is 0. The number of aromatic nitrogens is 2. The van der Waals surface area contributed by atoms with E-state index in [9.17, 15) is 9.59 Å². The minimum atomic E-state index is -0.117. The second kappa shape index (κ2) is 12.9. The highest BCUT2D eigenvalue weighted by atomic mass is 16.5. The fraction of sp³-hybridized carbons (Fsp3) is 0.393. The van der Waals surface area contributed by atoms with E-state index < -0.39 is 0 Å². The van der Waals surface area contributed by atoms with Gasteiger partial charge in [-0.3, -0.25) is 14.3 Å². The Hall–Kier alpha value is -3.65. The lowest BCUT2D eigenvalue weighted by Crippen LogP contribution is -2.40. The molecule has 0 unspecified atom stereocenters. The lowest BCUT2D eigenvalue weighted by atomic mass is 10.1. The molecule has 36 heavy (non-hydrogen) atoms. The summed E-state index contributed by atoms with van der Waals surface area (Å²) >= 11 is 0. The molecule has 0 aliphatic carbocycles. The molecule has 0 saturated carbocycles. The Morgan fingerprint density at radius 1 is 0.944 bits per heavy atom. The standard InChI is InChI=1S/C24H24N4O4.2C2H6/c1-16(29)25-20-7-6-19-14-28-21(15-32-23(19)12-20)13-22(26-28)17-2-4-18(5-3-17)24(30)27-8-10-31-11-9-27;2*1-2/h2-7,12-13H,8-11,14-15H2,1H3,(H,25,29);2*1-2H3. The van der Waals surface area contributed by atoms with Crippen molar-refractivity contribution in [2.24, 2.45) is 0 Å². The number of rotatable bonds is 3. The third-order valence-electron chi connectivity index (χ3n) is 5.67. The highest BCUT2D eigenvalue weighted by Crippen LogP contribution is 2.30. The lowest BCUT2D eigenvalue weighted by molar-refractivity contribution is -0.114. The number of hydrogen-bond donors (Lipinski definition) is 1. The normalized spacial score (nSPS) is 13.9. The van der Waals surface area contributed by atoms with Gasteiger partial charge in [-0.15, -0.1) is 0 Å². The summed E-state index contributed by atoms with van der Waals surface area (Å²) in [6.07, 6.45) is 0. The molecule has 2 aliphatic heterocycles. The van der Waals surface area contributed by atoms with Crippen LogP contribution in [0.15, 0.2) is 48.5 Å². The van der Waals surface area contributed by atoms with Gasteiger partial charge in [0.25, 0.3) is 5.91 Å². The van der Waals surface area contributed by atoms with Gasteiger partial charge in [-0.25, -0.2) is 0 Å². The highest BCUT2D eigenvalue weighted by molar-refractivity contribution is 5.94. The smallest absolute Gasteiger partial charge is 0.254 e.